The number of thiocarbonyl (C=S) groups is 1. The Kier molecular flexibility index (Phi) is 12.8. The van der Waals surface area contributed by atoms with Crippen LogP contribution in [0.1, 0.15) is 52.9 Å². The van der Waals surface area contributed by atoms with Crippen molar-refractivity contribution in [2.45, 2.75) is 52.9 Å². The van der Waals surface area contributed by atoms with Gasteiger partial charge < -0.3 is 15.4 Å². The van der Waals surface area contributed by atoms with Gasteiger partial charge in [-0.3, -0.25) is 0 Å². The molecule has 0 rings (SSSR count). The van der Waals surface area contributed by atoms with Crippen molar-refractivity contribution >= 4 is 17.3 Å². The first-order chi connectivity index (χ1) is 8.74. The average molecular weight is 274 g/mol. The Morgan fingerprint density at radius 1 is 1.17 bits per heavy atom. The van der Waals surface area contributed by atoms with Crippen LogP contribution >= 0.6 is 12.2 Å². The predicted octanol–water partition coefficient (Wildman–Crippen LogP) is 3.09. The van der Waals surface area contributed by atoms with Gasteiger partial charge in [0.05, 0.1) is 0 Å². The molecule has 2 N–H and O–H groups in total. The topological polar surface area (TPSA) is 33.3 Å². The van der Waals surface area contributed by atoms with Gasteiger partial charge in [-0.05, 0) is 37.9 Å². The van der Waals surface area contributed by atoms with Crippen LogP contribution in [0.5, 0.6) is 0 Å². The first-order valence-corrected chi connectivity index (χ1v) is 7.74. The zero-order chi connectivity index (χ0) is 13.6. The smallest absolute Gasteiger partial charge is 0.166 e. The minimum atomic E-state index is 0.744. The molecule has 3 nitrogen and oxygen atoms in total. The van der Waals surface area contributed by atoms with Crippen LogP contribution in [0.4, 0.5) is 0 Å². The van der Waals surface area contributed by atoms with Crippen molar-refractivity contribution in [3.05, 3.63) is 0 Å². The molecule has 0 aliphatic heterocycles. The quantitative estimate of drug-likeness (QED) is 0.448. The van der Waals surface area contributed by atoms with Crippen molar-refractivity contribution in [1.29, 1.82) is 0 Å². The largest absolute Gasteiger partial charge is 0.382 e. The van der Waals surface area contributed by atoms with Crippen LogP contribution in [0.2, 0.25) is 0 Å². The summed E-state index contributed by atoms with van der Waals surface area (Å²) in [5.41, 5.74) is 0. The van der Waals surface area contributed by atoms with Crippen LogP contribution in [0.3, 0.4) is 0 Å². The highest BCUT2D eigenvalue weighted by Gasteiger charge is 2.05. The summed E-state index contributed by atoms with van der Waals surface area (Å²) in [7, 11) is 0. The van der Waals surface area contributed by atoms with E-state index >= 15 is 0 Å². The number of unbranched alkanes of at least 4 members (excludes halogenated alkanes) is 1. The second-order valence-corrected chi connectivity index (χ2v) is 5.01. The number of nitrogens with one attached hydrogen (secondary N) is 2. The highest BCUT2D eigenvalue weighted by atomic mass is 32.1. The van der Waals surface area contributed by atoms with Gasteiger partial charge in [0.15, 0.2) is 5.11 Å². The van der Waals surface area contributed by atoms with Gasteiger partial charge in [-0.1, -0.05) is 33.1 Å². The fourth-order valence-corrected chi connectivity index (χ4v) is 1.95. The molecule has 0 aromatic rings. The molecule has 0 fully saturated rings. The van der Waals surface area contributed by atoms with E-state index in [0.29, 0.717) is 0 Å². The summed E-state index contributed by atoms with van der Waals surface area (Å²) in [6.07, 6.45) is 6.11. The summed E-state index contributed by atoms with van der Waals surface area (Å²) >= 11 is 5.25. The van der Waals surface area contributed by atoms with Crippen molar-refractivity contribution in [3.8, 4) is 0 Å². The molecule has 0 saturated heterocycles. The molecule has 1 unspecified atom stereocenters. The van der Waals surface area contributed by atoms with Crippen molar-refractivity contribution in [1.82, 2.24) is 10.6 Å². The van der Waals surface area contributed by atoms with E-state index in [4.69, 9.17) is 17.0 Å². The lowest BCUT2D eigenvalue weighted by molar-refractivity contribution is 0.145. The Morgan fingerprint density at radius 2 is 1.94 bits per heavy atom. The molecule has 0 aromatic carbocycles. The van der Waals surface area contributed by atoms with Gasteiger partial charge in [0, 0.05) is 26.3 Å². The third kappa shape index (κ3) is 10.8. The minimum absolute atomic E-state index is 0.744. The Bertz CT molecular complexity index is 200. The Balaban J connectivity index is 3.49. The first kappa shape index (κ1) is 17.6. The van der Waals surface area contributed by atoms with Gasteiger partial charge in [-0.25, -0.2) is 0 Å². The van der Waals surface area contributed by atoms with Crippen molar-refractivity contribution in [2.75, 3.05) is 26.3 Å². The fraction of sp³-hybridized carbons (Fsp3) is 0.929. The monoisotopic (exact) mass is 274 g/mol. The van der Waals surface area contributed by atoms with Gasteiger partial charge in [0.1, 0.15) is 0 Å². The lowest BCUT2D eigenvalue weighted by atomic mass is 9.99. The van der Waals surface area contributed by atoms with E-state index in [1.165, 1.54) is 25.7 Å². The molecule has 108 valence electrons. The average Bonchev–Trinajstić information content (AvgIpc) is 2.39. The summed E-state index contributed by atoms with van der Waals surface area (Å²) in [5.74, 6) is 0.744. The normalized spacial score (nSPS) is 12.2. The third-order valence-corrected chi connectivity index (χ3v) is 3.34. The Morgan fingerprint density at radius 3 is 2.56 bits per heavy atom. The van der Waals surface area contributed by atoms with E-state index in [-0.39, 0.29) is 0 Å². The van der Waals surface area contributed by atoms with E-state index in [0.717, 1.165) is 43.8 Å². The number of rotatable bonds is 11. The van der Waals surface area contributed by atoms with Crippen molar-refractivity contribution in [2.24, 2.45) is 5.92 Å². The van der Waals surface area contributed by atoms with Crippen LogP contribution in [0.25, 0.3) is 0 Å². The van der Waals surface area contributed by atoms with Gasteiger partial charge in [-0.15, -0.1) is 0 Å². The van der Waals surface area contributed by atoms with Crippen LogP contribution < -0.4 is 10.6 Å². The molecular weight excluding hydrogens is 244 g/mol. The summed E-state index contributed by atoms with van der Waals surface area (Å²) < 4.78 is 5.27. The van der Waals surface area contributed by atoms with Crippen LogP contribution in [-0.2, 0) is 4.74 Å². The Labute approximate surface area is 118 Å². The van der Waals surface area contributed by atoms with E-state index in [2.05, 4.69) is 24.5 Å². The Hall–Kier alpha value is -0.350. The predicted molar refractivity (Wildman–Crippen MR) is 83.0 cm³/mol. The number of ether oxygens (including phenoxy) is 1. The van der Waals surface area contributed by atoms with E-state index in [1.54, 1.807) is 0 Å². The molecule has 0 heterocycles. The fourth-order valence-electron chi connectivity index (χ4n) is 1.76. The van der Waals surface area contributed by atoms with Gasteiger partial charge in [0.25, 0.3) is 0 Å². The maximum atomic E-state index is 5.27. The number of hydrogen-bond donors (Lipinski definition) is 2. The van der Waals surface area contributed by atoms with Crippen LogP contribution in [-0.4, -0.2) is 31.4 Å². The lowest BCUT2D eigenvalue weighted by Gasteiger charge is -2.17. The minimum Gasteiger partial charge on any atom is -0.382 e. The second-order valence-electron chi connectivity index (χ2n) is 4.60. The maximum Gasteiger partial charge on any atom is 0.166 e. The van der Waals surface area contributed by atoms with E-state index < -0.39 is 0 Å². The van der Waals surface area contributed by atoms with Crippen molar-refractivity contribution < 1.29 is 4.74 Å². The van der Waals surface area contributed by atoms with Crippen LogP contribution in [0.15, 0.2) is 0 Å². The van der Waals surface area contributed by atoms with Crippen LogP contribution in [0, 0.1) is 5.92 Å². The van der Waals surface area contributed by atoms with Gasteiger partial charge in [-0.2, -0.15) is 0 Å². The molecule has 0 aliphatic rings. The number of hydrogen-bond acceptors (Lipinski definition) is 2. The summed E-state index contributed by atoms with van der Waals surface area (Å²) in [6, 6.07) is 0. The molecule has 0 bridgehead atoms. The molecule has 4 heteroatoms. The van der Waals surface area contributed by atoms with E-state index in [9.17, 15) is 0 Å². The molecule has 0 aromatic heterocycles. The summed E-state index contributed by atoms with van der Waals surface area (Å²) in [4.78, 5) is 0. The summed E-state index contributed by atoms with van der Waals surface area (Å²) in [5, 5.41) is 7.31. The van der Waals surface area contributed by atoms with Gasteiger partial charge in [0.2, 0.25) is 0 Å². The molecule has 0 radical (unpaired) electrons. The molecule has 0 aliphatic carbocycles. The molecule has 0 amide bonds. The summed E-state index contributed by atoms with van der Waals surface area (Å²) in [6.45, 7) is 9.98. The molecule has 0 saturated carbocycles. The SMILES string of the molecule is CCCCC(CC)CNC(=S)NCCCOCC. The zero-order valence-corrected chi connectivity index (χ0v) is 13.1. The molecular formula is C14H30N2OS. The van der Waals surface area contributed by atoms with Gasteiger partial charge >= 0.3 is 0 Å². The third-order valence-electron chi connectivity index (χ3n) is 3.05. The van der Waals surface area contributed by atoms with E-state index in [1.807, 2.05) is 6.92 Å². The first-order valence-electron chi connectivity index (χ1n) is 7.33. The second kappa shape index (κ2) is 13.1. The van der Waals surface area contributed by atoms with Crippen molar-refractivity contribution in [3.63, 3.8) is 0 Å². The lowest BCUT2D eigenvalue weighted by Crippen LogP contribution is -2.38. The molecule has 1 atom stereocenters. The molecule has 18 heavy (non-hydrogen) atoms. The highest BCUT2D eigenvalue weighted by molar-refractivity contribution is 7.80. The standard InChI is InChI=1S/C14H30N2OS/c1-4-7-9-13(5-2)12-16-14(18)15-10-8-11-17-6-3/h13H,4-12H2,1-3H3,(H2,15,16,18). The highest BCUT2D eigenvalue weighted by Crippen LogP contribution is 2.10. The maximum absolute atomic E-state index is 5.27. The zero-order valence-electron chi connectivity index (χ0n) is 12.3. The molecule has 0 spiro atoms.